The minimum atomic E-state index is -0.707. The second-order valence-electron chi connectivity index (χ2n) is 5.63. The molecule has 2 amide bonds. The van der Waals surface area contributed by atoms with E-state index in [0.29, 0.717) is 30.2 Å². The van der Waals surface area contributed by atoms with Gasteiger partial charge in [0.1, 0.15) is 0 Å². The van der Waals surface area contributed by atoms with Crippen LogP contribution in [-0.4, -0.2) is 32.6 Å². The highest BCUT2D eigenvalue weighted by atomic mass is 79.9. The van der Waals surface area contributed by atoms with Crippen LogP contribution in [0.25, 0.3) is 0 Å². The van der Waals surface area contributed by atoms with Crippen molar-refractivity contribution in [2.75, 3.05) is 26.1 Å². The molecule has 0 atom stereocenters. The zero-order chi connectivity index (χ0) is 19.1. The molecular formula is C19H21BrN2O4. The average molecular weight is 421 g/mol. The molecule has 0 fully saturated rings. The number of aryl methyl sites for hydroxylation is 1. The quantitative estimate of drug-likeness (QED) is 0.703. The largest absolute Gasteiger partial charge is 0.493 e. The molecule has 2 rings (SSSR count). The van der Waals surface area contributed by atoms with Crippen LogP contribution in [0.3, 0.4) is 0 Å². The number of methoxy groups -OCH3 is 2. The molecule has 0 aliphatic heterocycles. The molecule has 0 bridgehead atoms. The maximum atomic E-state index is 12.0. The summed E-state index contributed by atoms with van der Waals surface area (Å²) in [5.41, 5.74) is 2.56. The summed E-state index contributed by atoms with van der Waals surface area (Å²) in [6.45, 7) is 2.27. The van der Waals surface area contributed by atoms with Crippen molar-refractivity contribution in [1.29, 1.82) is 0 Å². The molecule has 0 radical (unpaired) electrons. The Morgan fingerprint density at radius 3 is 2.38 bits per heavy atom. The zero-order valence-electron chi connectivity index (χ0n) is 14.9. The van der Waals surface area contributed by atoms with Crippen LogP contribution in [0.1, 0.15) is 11.1 Å². The molecule has 2 aromatic carbocycles. The van der Waals surface area contributed by atoms with E-state index >= 15 is 0 Å². The van der Waals surface area contributed by atoms with Gasteiger partial charge in [-0.05, 0) is 64.7 Å². The third-order valence-electron chi connectivity index (χ3n) is 3.73. The maximum Gasteiger partial charge on any atom is 0.313 e. The van der Waals surface area contributed by atoms with Crippen molar-refractivity contribution in [3.05, 3.63) is 52.0 Å². The summed E-state index contributed by atoms with van der Waals surface area (Å²) in [6, 6.07) is 11.0. The van der Waals surface area contributed by atoms with Gasteiger partial charge in [-0.2, -0.15) is 0 Å². The molecule has 0 aliphatic carbocycles. The number of carbonyl (C=O) groups excluding carboxylic acids is 2. The fraction of sp³-hybridized carbons (Fsp3) is 0.263. The van der Waals surface area contributed by atoms with Gasteiger partial charge >= 0.3 is 11.8 Å². The monoisotopic (exact) mass is 420 g/mol. The summed E-state index contributed by atoms with van der Waals surface area (Å²) in [7, 11) is 3.14. The van der Waals surface area contributed by atoms with Crippen LogP contribution in [0, 0.1) is 6.92 Å². The lowest BCUT2D eigenvalue weighted by molar-refractivity contribution is -0.136. The van der Waals surface area contributed by atoms with E-state index in [1.807, 2.05) is 31.2 Å². The van der Waals surface area contributed by atoms with E-state index < -0.39 is 11.8 Å². The van der Waals surface area contributed by atoms with Crippen LogP contribution in [0.2, 0.25) is 0 Å². The van der Waals surface area contributed by atoms with Crippen LogP contribution >= 0.6 is 15.9 Å². The number of carbonyl (C=O) groups is 2. The molecule has 0 spiro atoms. The van der Waals surface area contributed by atoms with Gasteiger partial charge in [-0.1, -0.05) is 12.1 Å². The number of anilines is 1. The van der Waals surface area contributed by atoms with E-state index in [-0.39, 0.29) is 0 Å². The minimum absolute atomic E-state index is 0.330. The number of hydrogen-bond acceptors (Lipinski definition) is 4. The van der Waals surface area contributed by atoms with Gasteiger partial charge in [0.15, 0.2) is 11.5 Å². The third kappa shape index (κ3) is 5.23. The highest BCUT2D eigenvalue weighted by Gasteiger charge is 2.14. The van der Waals surface area contributed by atoms with Crippen molar-refractivity contribution in [2.24, 2.45) is 0 Å². The first kappa shape index (κ1) is 19.8. The minimum Gasteiger partial charge on any atom is -0.493 e. The van der Waals surface area contributed by atoms with Crippen molar-refractivity contribution in [3.63, 3.8) is 0 Å². The smallest absolute Gasteiger partial charge is 0.313 e. The van der Waals surface area contributed by atoms with Gasteiger partial charge in [-0.15, -0.1) is 0 Å². The number of benzene rings is 2. The summed E-state index contributed by atoms with van der Waals surface area (Å²) in [6.07, 6.45) is 0.563. The van der Waals surface area contributed by atoms with E-state index in [1.54, 1.807) is 26.4 Å². The number of amides is 2. The Labute approximate surface area is 161 Å². The van der Waals surface area contributed by atoms with E-state index in [0.717, 1.165) is 15.6 Å². The van der Waals surface area contributed by atoms with Crippen LogP contribution in [0.15, 0.2) is 40.9 Å². The highest BCUT2D eigenvalue weighted by Crippen LogP contribution is 2.27. The summed E-state index contributed by atoms with van der Waals surface area (Å²) in [5.74, 6) is -0.124. The molecule has 0 saturated heterocycles. The molecule has 0 aromatic heterocycles. The van der Waals surface area contributed by atoms with Crippen molar-refractivity contribution in [1.82, 2.24) is 5.32 Å². The van der Waals surface area contributed by atoms with Crippen LogP contribution in [0.4, 0.5) is 5.69 Å². The molecule has 0 saturated carbocycles. The van der Waals surface area contributed by atoms with Gasteiger partial charge < -0.3 is 20.1 Å². The Balaban J connectivity index is 1.87. The van der Waals surface area contributed by atoms with Gasteiger partial charge in [0.2, 0.25) is 0 Å². The highest BCUT2D eigenvalue weighted by molar-refractivity contribution is 9.10. The van der Waals surface area contributed by atoms with E-state index in [2.05, 4.69) is 26.6 Å². The van der Waals surface area contributed by atoms with Gasteiger partial charge in [0, 0.05) is 11.0 Å². The van der Waals surface area contributed by atoms with Crippen LogP contribution in [0.5, 0.6) is 11.5 Å². The Bertz CT molecular complexity index is 808. The molecule has 26 heavy (non-hydrogen) atoms. The number of nitrogens with one attached hydrogen (secondary N) is 2. The fourth-order valence-electron chi connectivity index (χ4n) is 2.34. The van der Waals surface area contributed by atoms with Gasteiger partial charge in [0.25, 0.3) is 0 Å². The Morgan fingerprint density at radius 2 is 1.73 bits per heavy atom. The Kier molecular flexibility index (Phi) is 7.03. The van der Waals surface area contributed by atoms with Crippen molar-refractivity contribution < 1.29 is 19.1 Å². The lowest BCUT2D eigenvalue weighted by Crippen LogP contribution is -2.36. The normalized spacial score (nSPS) is 10.2. The molecule has 2 N–H and O–H groups in total. The molecule has 0 heterocycles. The predicted octanol–water partition coefficient (Wildman–Crippen LogP) is 3.07. The first-order valence-corrected chi connectivity index (χ1v) is 8.80. The van der Waals surface area contributed by atoms with Crippen LogP contribution < -0.4 is 20.1 Å². The topological polar surface area (TPSA) is 76.7 Å². The van der Waals surface area contributed by atoms with E-state index in [1.165, 1.54) is 0 Å². The van der Waals surface area contributed by atoms with E-state index in [9.17, 15) is 9.59 Å². The third-order valence-corrected chi connectivity index (χ3v) is 4.38. The summed E-state index contributed by atoms with van der Waals surface area (Å²) < 4.78 is 11.2. The second kappa shape index (κ2) is 9.24. The van der Waals surface area contributed by atoms with E-state index in [4.69, 9.17) is 9.47 Å². The standard InChI is InChI=1S/C19H21BrN2O4/c1-12-4-6-15(14(20)10-12)22-19(24)18(23)21-9-8-13-5-7-16(25-2)17(11-13)26-3/h4-7,10-11H,8-9H2,1-3H3,(H,21,23)(H,22,24). The molecule has 7 heteroatoms. The molecular weight excluding hydrogens is 400 g/mol. The van der Waals surface area contributed by atoms with Crippen molar-refractivity contribution >= 4 is 33.4 Å². The Hall–Kier alpha value is -2.54. The first-order chi connectivity index (χ1) is 12.4. The molecule has 0 unspecified atom stereocenters. The van der Waals surface area contributed by atoms with Gasteiger partial charge in [0.05, 0.1) is 19.9 Å². The van der Waals surface area contributed by atoms with Crippen molar-refractivity contribution in [3.8, 4) is 11.5 Å². The number of ether oxygens (including phenoxy) is 2. The second-order valence-corrected chi connectivity index (χ2v) is 6.49. The van der Waals surface area contributed by atoms with Gasteiger partial charge in [-0.3, -0.25) is 9.59 Å². The summed E-state index contributed by atoms with van der Waals surface area (Å²) >= 11 is 3.36. The first-order valence-electron chi connectivity index (χ1n) is 8.01. The average Bonchev–Trinajstić information content (AvgIpc) is 2.63. The molecule has 6 nitrogen and oxygen atoms in total. The zero-order valence-corrected chi connectivity index (χ0v) is 16.5. The lowest BCUT2D eigenvalue weighted by Gasteiger charge is -2.10. The molecule has 0 aliphatic rings. The molecule has 2 aromatic rings. The summed E-state index contributed by atoms with van der Waals surface area (Å²) in [5, 5.41) is 5.19. The number of rotatable bonds is 6. The SMILES string of the molecule is COc1ccc(CCNC(=O)C(=O)Nc2ccc(C)cc2Br)cc1OC. The van der Waals surface area contributed by atoms with Crippen molar-refractivity contribution in [2.45, 2.75) is 13.3 Å². The number of hydrogen-bond donors (Lipinski definition) is 2. The maximum absolute atomic E-state index is 12.0. The lowest BCUT2D eigenvalue weighted by atomic mass is 10.1. The molecule has 138 valence electrons. The fourth-order valence-corrected chi connectivity index (χ4v) is 2.93. The van der Waals surface area contributed by atoms with Crippen LogP contribution in [-0.2, 0) is 16.0 Å². The predicted molar refractivity (Wildman–Crippen MR) is 104 cm³/mol. The Morgan fingerprint density at radius 1 is 1.00 bits per heavy atom. The number of halogens is 1. The summed E-state index contributed by atoms with van der Waals surface area (Å²) in [4.78, 5) is 24.0. The van der Waals surface area contributed by atoms with Gasteiger partial charge in [-0.25, -0.2) is 0 Å².